The van der Waals surface area contributed by atoms with E-state index in [0.29, 0.717) is 5.02 Å². The van der Waals surface area contributed by atoms with E-state index >= 15 is 0 Å². The van der Waals surface area contributed by atoms with Crippen molar-refractivity contribution in [2.75, 3.05) is 11.9 Å². The van der Waals surface area contributed by atoms with Crippen molar-refractivity contribution in [3.05, 3.63) is 89.2 Å². The second-order valence-corrected chi connectivity index (χ2v) is 9.14. The molecule has 0 fully saturated rings. The van der Waals surface area contributed by atoms with Crippen molar-refractivity contribution < 1.29 is 31.1 Å². The van der Waals surface area contributed by atoms with E-state index in [9.17, 15) is 26.4 Å². The molecule has 0 spiro atoms. The van der Waals surface area contributed by atoms with E-state index in [1.54, 1.807) is 6.07 Å². The van der Waals surface area contributed by atoms with Crippen molar-refractivity contribution in [2.45, 2.75) is 18.1 Å². The zero-order chi connectivity index (χ0) is 24.0. The van der Waals surface area contributed by atoms with E-state index in [0.717, 1.165) is 4.31 Å². The molecule has 1 N–H and O–H groups in total. The van der Waals surface area contributed by atoms with Crippen LogP contribution in [0.5, 0.6) is 5.75 Å². The van der Waals surface area contributed by atoms with Crippen LogP contribution in [0.2, 0.25) is 5.02 Å². The Hall–Kier alpha value is -3.08. The summed E-state index contributed by atoms with van der Waals surface area (Å²) < 4.78 is 70.2. The number of halogens is 4. The van der Waals surface area contributed by atoms with E-state index in [1.165, 1.54) is 66.7 Å². The third-order valence-corrected chi connectivity index (χ3v) is 6.50. The Morgan fingerprint density at radius 3 is 2.24 bits per heavy atom. The van der Waals surface area contributed by atoms with Gasteiger partial charge in [-0.15, -0.1) is 0 Å². The predicted molar refractivity (Wildman–Crippen MR) is 117 cm³/mol. The van der Waals surface area contributed by atoms with Gasteiger partial charge in [0.05, 0.1) is 11.4 Å². The van der Waals surface area contributed by atoms with Gasteiger partial charge in [-0.1, -0.05) is 29.8 Å². The normalized spacial score (nSPS) is 11.6. The number of rotatable bonds is 9. The molecule has 0 saturated carbocycles. The van der Waals surface area contributed by atoms with Crippen LogP contribution in [0.4, 0.5) is 18.9 Å². The summed E-state index contributed by atoms with van der Waals surface area (Å²) in [4.78, 5) is 12.5. The molecule has 0 bridgehead atoms. The Morgan fingerprint density at radius 2 is 1.64 bits per heavy atom. The van der Waals surface area contributed by atoms with Crippen LogP contribution in [0.3, 0.4) is 0 Å². The molecule has 0 unspecified atom stereocenters. The third kappa shape index (κ3) is 6.70. The third-order valence-electron chi connectivity index (χ3n) is 4.44. The smallest absolute Gasteiger partial charge is 0.387 e. The van der Waals surface area contributed by atoms with Crippen LogP contribution in [0, 0.1) is 5.82 Å². The number of anilines is 1. The summed E-state index contributed by atoms with van der Waals surface area (Å²) in [7, 11) is -4.20. The maximum Gasteiger partial charge on any atom is 0.387 e. The molecule has 0 aliphatic rings. The van der Waals surface area contributed by atoms with Gasteiger partial charge in [0.25, 0.3) is 0 Å². The molecular weight excluding hydrogens is 481 g/mol. The van der Waals surface area contributed by atoms with Crippen molar-refractivity contribution in [2.24, 2.45) is 0 Å². The number of nitrogens with zero attached hydrogens (tertiary/aromatic N) is 1. The molecule has 6 nitrogen and oxygen atoms in total. The van der Waals surface area contributed by atoms with Crippen molar-refractivity contribution in [3.8, 4) is 5.75 Å². The maximum absolute atomic E-state index is 14.2. The Kier molecular flexibility index (Phi) is 7.96. The quantitative estimate of drug-likeness (QED) is 0.455. The minimum atomic E-state index is -4.20. The van der Waals surface area contributed by atoms with Gasteiger partial charge in [-0.2, -0.15) is 13.1 Å². The molecular formula is C22H18ClF3N2O4S. The number of hydrogen-bond donors (Lipinski definition) is 1. The standard InChI is InChI=1S/C22H18ClF3N2O4S/c23-16-5-11-19(12-6-16)33(30,31)28(13-15-3-1-2-4-20(15)24)14-21(29)27-17-7-9-18(10-8-17)32-22(25)26/h1-12,22H,13-14H2,(H,27,29). The molecule has 3 aromatic rings. The van der Waals surface area contributed by atoms with Gasteiger partial charge in [0.15, 0.2) is 0 Å². The first-order valence-electron chi connectivity index (χ1n) is 9.49. The molecule has 0 radical (unpaired) electrons. The Balaban J connectivity index is 1.82. The molecule has 3 rings (SSSR count). The minimum absolute atomic E-state index is 0.0799. The summed E-state index contributed by atoms with van der Waals surface area (Å²) in [6, 6.07) is 16.1. The highest BCUT2D eigenvalue weighted by Crippen LogP contribution is 2.22. The van der Waals surface area contributed by atoms with Gasteiger partial charge in [-0.3, -0.25) is 4.79 Å². The fraction of sp³-hybridized carbons (Fsp3) is 0.136. The zero-order valence-electron chi connectivity index (χ0n) is 16.9. The highest BCUT2D eigenvalue weighted by molar-refractivity contribution is 7.89. The lowest BCUT2D eigenvalue weighted by atomic mass is 10.2. The first-order valence-corrected chi connectivity index (χ1v) is 11.3. The van der Waals surface area contributed by atoms with Crippen molar-refractivity contribution in [1.82, 2.24) is 4.31 Å². The summed E-state index contributed by atoms with van der Waals surface area (Å²) in [5.74, 6) is -1.44. The summed E-state index contributed by atoms with van der Waals surface area (Å²) in [5, 5.41) is 2.81. The molecule has 0 aromatic heterocycles. The highest BCUT2D eigenvalue weighted by atomic mass is 35.5. The number of benzene rings is 3. The fourth-order valence-corrected chi connectivity index (χ4v) is 4.38. The minimum Gasteiger partial charge on any atom is -0.435 e. The van der Waals surface area contributed by atoms with Crippen LogP contribution < -0.4 is 10.1 Å². The SMILES string of the molecule is O=C(CN(Cc1ccccc1F)S(=O)(=O)c1ccc(Cl)cc1)Nc1ccc(OC(F)F)cc1. The highest BCUT2D eigenvalue weighted by Gasteiger charge is 2.28. The van der Waals surface area contributed by atoms with Gasteiger partial charge in [0, 0.05) is 22.8 Å². The van der Waals surface area contributed by atoms with Crippen LogP contribution in [0.25, 0.3) is 0 Å². The number of amides is 1. The average molecular weight is 499 g/mol. The Bertz CT molecular complexity index is 1210. The van der Waals surface area contributed by atoms with Gasteiger partial charge in [0.2, 0.25) is 15.9 Å². The molecule has 33 heavy (non-hydrogen) atoms. The number of nitrogens with one attached hydrogen (secondary N) is 1. The maximum atomic E-state index is 14.2. The number of ether oxygens (including phenoxy) is 1. The van der Waals surface area contributed by atoms with Gasteiger partial charge >= 0.3 is 6.61 Å². The van der Waals surface area contributed by atoms with Crippen LogP contribution in [-0.4, -0.2) is 31.8 Å². The predicted octanol–water partition coefficient (Wildman–Crippen LogP) is 4.91. The lowest BCUT2D eigenvalue weighted by molar-refractivity contribution is -0.116. The molecule has 0 aliphatic carbocycles. The second-order valence-electron chi connectivity index (χ2n) is 6.77. The topological polar surface area (TPSA) is 75.7 Å². The largest absolute Gasteiger partial charge is 0.435 e. The van der Waals surface area contributed by atoms with Crippen molar-refractivity contribution >= 4 is 33.2 Å². The first-order chi connectivity index (χ1) is 15.6. The number of carbonyl (C=O) groups excluding carboxylic acids is 1. The molecule has 0 saturated heterocycles. The number of alkyl halides is 2. The monoisotopic (exact) mass is 498 g/mol. The van der Waals surface area contributed by atoms with E-state index in [2.05, 4.69) is 10.1 Å². The van der Waals surface area contributed by atoms with Crippen LogP contribution in [0.1, 0.15) is 5.56 Å². The van der Waals surface area contributed by atoms with E-state index < -0.39 is 41.4 Å². The second kappa shape index (κ2) is 10.7. The molecule has 0 heterocycles. The van der Waals surface area contributed by atoms with Gasteiger partial charge < -0.3 is 10.1 Å². The van der Waals surface area contributed by atoms with E-state index in [4.69, 9.17) is 11.6 Å². The molecule has 3 aromatic carbocycles. The fourth-order valence-electron chi connectivity index (χ4n) is 2.88. The van der Waals surface area contributed by atoms with E-state index in [-0.39, 0.29) is 21.9 Å². The van der Waals surface area contributed by atoms with Gasteiger partial charge in [-0.25, -0.2) is 12.8 Å². The van der Waals surface area contributed by atoms with E-state index in [1.807, 2.05) is 0 Å². The summed E-state index contributed by atoms with van der Waals surface area (Å²) in [6.45, 7) is -4.02. The molecule has 174 valence electrons. The zero-order valence-corrected chi connectivity index (χ0v) is 18.5. The Labute approximate surface area is 193 Å². The Morgan fingerprint density at radius 1 is 1.00 bits per heavy atom. The molecule has 0 atom stereocenters. The van der Waals surface area contributed by atoms with Crippen LogP contribution >= 0.6 is 11.6 Å². The summed E-state index contributed by atoms with van der Waals surface area (Å²) >= 11 is 5.83. The average Bonchev–Trinajstić information content (AvgIpc) is 2.76. The number of sulfonamides is 1. The van der Waals surface area contributed by atoms with Gasteiger partial charge in [-0.05, 0) is 54.6 Å². The van der Waals surface area contributed by atoms with Crippen LogP contribution in [-0.2, 0) is 21.4 Å². The summed E-state index contributed by atoms with van der Waals surface area (Å²) in [6.07, 6.45) is 0. The first kappa shape index (κ1) is 24.6. The lowest BCUT2D eigenvalue weighted by Gasteiger charge is -2.22. The van der Waals surface area contributed by atoms with Crippen molar-refractivity contribution in [1.29, 1.82) is 0 Å². The van der Waals surface area contributed by atoms with Crippen molar-refractivity contribution in [3.63, 3.8) is 0 Å². The van der Waals surface area contributed by atoms with Gasteiger partial charge in [0.1, 0.15) is 11.6 Å². The van der Waals surface area contributed by atoms with Crippen LogP contribution in [0.15, 0.2) is 77.7 Å². The molecule has 1 amide bonds. The molecule has 11 heteroatoms. The summed E-state index contributed by atoms with van der Waals surface area (Å²) in [5.41, 5.74) is 0.313. The lowest BCUT2D eigenvalue weighted by Crippen LogP contribution is -2.37. The number of hydrogen-bond acceptors (Lipinski definition) is 4. The number of carbonyl (C=O) groups is 1. The molecule has 0 aliphatic heterocycles.